The number of benzene rings is 1. The lowest BCUT2D eigenvalue weighted by Crippen LogP contribution is -2.33. The molecule has 0 radical (unpaired) electrons. The van der Waals surface area contributed by atoms with Crippen molar-refractivity contribution in [1.82, 2.24) is 19.5 Å². The molecule has 1 aliphatic heterocycles. The molecule has 2 aromatic heterocycles. The predicted octanol–water partition coefficient (Wildman–Crippen LogP) is 1.62. The fraction of sp³-hybridized carbons (Fsp3) is 0.500. The molecule has 4 rings (SSSR count). The van der Waals surface area contributed by atoms with Crippen molar-refractivity contribution in [1.29, 1.82) is 0 Å². The molecule has 0 saturated carbocycles. The largest absolute Gasteiger partial charge is 0.494 e. The number of ether oxygens (including phenoxy) is 2. The van der Waals surface area contributed by atoms with Gasteiger partial charge in [0.05, 0.1) is 19.5 Å². The van der Waals surface area contributed by atoms with Crippen LogP contribution in [0.25, 0.3) is 11.2 Å². The van der Waals surface area contributed by atoms with E-state index in [1.807, 2.05) is 24.3 Å². The number of imidazole rings is 1. The summed E-state index contributed by atoms with van der Waals surface area (Å²) in [5.41, 5.74) is 2.02. The lowest BCUT2D eigenvalue weighted by Gasteiger charge is -2.16. The summed E-state index contributed by atoms with van der Waals surface area (Å²) in [6, 6.07) is 7.90. The van der Waals surface area contributed by atoms with Crippen LogP contribution in [-0.2, 0) is 11.3 Å². The molecule has 10 heteroatoms. The molecular weight excluding hydrogens is 414 g/mol. The van der Waals surface area contributed by atoms with E-state index in [9.17, 15) is 15.3 Å². The summed E-state index contributed by atoms with van der Waals surface area (Å²) in [4.78, 5) is 12.9. The average Bonchev–Trinajstić information content (AvgIpc) is 3.37. The summed E-state index contributed by atoms with van der Waals surface area (Å²) in [6.45, 7) is 3.03. The molecule has 172 valence electrons. The van der Waals surface area contributed by atoms with Crippen LogP contribution >= 0.6 is 0 Å². The Hall–Kier alpha value is -2.79. The Bertz CT molecular complexity index is 1010. The molecule has 3 heterocycles. The molecule has 10 nitrogen and oxygen atoms in total. The number of hydrogen-bond donors (Lipinski definition) is 4. The number of fused-ring (bicyclic) bond motifs is 1. The predicted molar refractivity (Wildman–Crippen MR) is 117 cm³/mol. The molecule has 0 bridgehead atoms. The summed E-state index contributed by atoms with van der Waals surface area (Å²) in [5.74, 6) is 1.40. The van der Waals surface area contributed by atoms with E-state index in [0.29, 0.717) is 23.5 Å². The first kappa shape index (κ1) is 22.4. The first-order valence-corrected chi connectivity index (χ1v) is 10.9. The number of aliphatic hydroxyl groups excluding tert-OH is 3. The lowest BCUT2D eigenvalue weighted by molar-refractivity contribution is -0.0511. The second-order valence-electron chi connectivity index (χ2n) is 7.83. The monoisotopic (exact) mass is 443 g/mol. The Kier molecular flexibility index (Phi) is 7.15. The van der Waals surface area contributed by atoms with Gasteiger partial charge in [0.25, 0.3) is 0 Å². The summed E-state index contributed by atoms with van der Waals surface area (Å²) in [7, 11) is 0. The van der Waals surface area contributed by atoms with E-state index in [2.05, 4.69) is 27.2 Å². The smallest absolute Gasteiger partial charge is 0.167 e. The summed E-state index contributed by atoms with van der Waals surface area (Å²) in [5, 5.41) is 32.9. The number of hydrogen-bond acceptors (Lipinski definition) is 9. The minimum absolute atomic E-state index is 0.397. The highest BCUT2D eigenvalue weighted by Gasteiger charge is 2.44. The summed E-state index contributed by atoms with van der Waals surface area (Å²) < 4.78 is 12.9. The molecule has 0 spiro atoms. The van der Waals surface area contributed by atoms with Gasteiger partial charge in [-0.2, -0.15) is 0 Å². The van der Waals surface area contributed by atoms with Crippen molar-refractivity contribution in [2.45, 2.75) is 57.3 Å². The second kappa shape index (κ2) is 10.2. The third-order valence-corrected chi connectivity index (χ3v) is 5.55. The second-order valence-corrected chi connectivity index (χ2v) is 7.83. The molecule has 0 aliphatic carbocycles. The number of nitrogens with zero attached hydrogens (tertiary/aromatic N) is 4. The normalized spacial score (nSPS) is 23.0. The topological polar surface area (TPSA) is 135 Å². The van der Waals surface area contributed by atoms with Gasteiger partial charge in [-0.1, -0.05) is 31.9 Å². The molecule has 1 aromatic carbocycles. The third-order valence-electron chi connectivity index (χ3n) is 5.55. The van der Waals surface area contributed by atoms with E-state index in [1.165, 1.54) is 30.1 Å². The van der Waals surface area contributed by atoms with Crippen LogP contribution < -0.4 is 10.1 Å². The van der Waals surface area contributed by atoms with Crippen LogP contribution in [0.5, 0.6) is 5.75 Å². The highest BCUT2D eigenvalue weighted by atomic mass is 16.6. The van der Waals surface area contributed by atoms with Gasteiger partial charge in [0.15, 0.2) is 23.2 Å². The van der Waals surface area contributed by atoms with E-state index in [0.717, 1.165) is 24.3 Å². The van der Waals surface area contributed by atoms with Crippen LogP contribution in [0.1, 0.15) is 38.0 Å². The minimum atomic E-state index is -1.21. The van der Waals surface area contributed by atoms with Crippen molar-refractivity contribution >= 4 is 17.0 Å². The van der Waals surface area contributed by atoms with Crippen molar-refractivity contribution in [2.75, 3.05) is 18.5 Å². The van der Waals surface area contributed by atoms with Gasteiger partial charge in [0.1, 0.15) is 30.4 Å². The standard InChI is InChI=1S/C22H29N5O5/c1-2-3-4-9-31-15-7-5-14(6-8-15)10-23-20-17-21(25-12-24-20)27(13-26-17)22-19(30)18(29)16(11-28)32-22/h5-8,12-13,16,18-19,22,28-30H,2-4,9-11H2,1H3,(H,23,24,25)/t16-,18-,19-,22-/m1/s1. The van der Waals surface area contributed by atoms with Crippen molar-refractivity contribution in [3.63, 3.8) is 0 Å². The fourth-order valence-corrected chi connectivity index (χ4v) is 3.71. The van der Waals surface area contributed by atoms with E-state index in [-0.39, 0.29) is 0 Å². The van der Waals surface area contributed by atoms with Gasteiger partial charge in [-0.3, -0.25) is 4.57 Å². The zero-order valence-electron chi connectivity index (χ0n) is 18.0. The van der Waals surface area contributed by atoms with Crippen LogP contribution in [0.2, 0.25) is 0 Å². The SMILES string of the molecule is CCCCCOc1ccc(CNc2ncnc3c2ncn3[C@@H]2O[C@H](CO)[C@@H](O)[C@H]2O)cc1. The number of rotatable bonds is 10. The Labute approximate surface area is 185 Å². The van der Waals surface area contributed by atoms with Gasteiger partial charge in [-0.05, 0) is 24.1 Å². The maximum absolute atomic E-state index is 10.3. The molecular formula is C22H29N5O5. The van der Waals surface area contributed by atoms with Gasteiger partial charge in [0.2, 0.25) is 0 Å². The maximum atomic E-state index is 10.3. The highest BCUT2D eigenvalue weighted by Crippen LogP contribution is 2.32. The Morgan fingerprint density at radius 2 is 1.91 bits per heavy atom. The first-order valence-electron chi connectivity index (χ1n) is 10.9. The van der Waals surface area contributed by atoms with E-state index >= 15 is 0 Å². The average molecular weight is 444 g/mol. The Balaban J connectivity index is 1.42. The molecule has 1 saturated heterocycles. The van der Waals surface area contributed by atoms with Crippen molar-refractivity contribution in [2.24, 2.45) is 0 Å². The fourth-order valence-electron chi connectivity index (χ4n) is 3.71. The molecule has 4 atom stereocenters. The number of aliphatic hydroxyl groups is 3. The van der Waals surface area contributed by atoms with Gasteiger partial charge in [-0.15, -0.1) is 0 Å². The summed E-state index contributed by atoms with van der Waals surface area (Å²) >= 11 is 0. The number of nitrogens with one attached hydrogen (secondary N) is 1. The van der Waals surface area contributed by atoms with Gasteiger partial charge in [0, 0.05) is 6.54 Å². The van der Waals surface area contributed by atoms with Crippen LogP contribution in [0, 0.1) is 0 Å². The van der Waals surface area contributed by atoms with E-state index in [4.69, 9.17) is 9.47 Å². The Morgan fingerprint density at radius 1 is 1.09 bits per heavy atom. The number of anilines is 1. The third kappa shape index (κ3) is 4.68. The Morgan fingerprint density at radius 3 is 2.62 bits per heavy atom. The quantitative estimate of drug-likeness (QED) is 0.345. The number of unbranched alkanes of at least 4 members (excludes halogenated alkanes) is 2. The van der Waals surface area contributed by atoms with Crippen LogP contribution in [0.3, 0.4) is 0 Å². The van der Waals surface area contributed by atoms with Crippen molar-refractivity contribution in [3.05, 3.63) is 42.5 Å². The van der Waals surface area contributed by atoms with Crippen LogP contribution in [-0.4, -0.2) is 66.4 Å². The molecule has 32 heavy (non-hydrogen) atoms. The molecule has 1 fully saturated rings. The van der Waals surface area contributed by atoms with Gasteiger partial charge >= 0.3 is 0 Å². The van der Waals surface area contributed by atoms with Crippen molar-refractivity contribution in [3.8, 4) is 5.75 Å². The molecule has 0 unspecified atom stereocenters. The first-order chi connectivity index (χ1) is 15.6. The highest BCUT2D eigenvalue weighted by molar-refractivity contribution is 5.82. The number of aromatic nitrogens is 4. The molecule has 3 aromatic rings. The maximum Gasteiger partial charge on any atom is 0.167 e. The molecule has 1 aliphatic rings. The lowest BCUT2D eigenvalue weighted by atomic mass is 10.1. The van der Waals surface area contributed by atoms with Gasteiger partial charge < -0.3 is 30.1 Å². The molecule has 0 amide bonds. The van der Waals surface area contributed by atoms with Crippen molar-refractivity contribution < 1.29 is 24.8 Å². The summed E-state index contributed by atoms with van der Waals surface area (Å²) in [6.07, 6.45) is 2.09. The zero-order valence-corrected chi connectivity index (χ0v) is 18.0. The zero-order chi connectivity index (χ0) is 22.5. The van der Waals surface area contributed by atoms with E-state index < -0.39 is 31.1 Å². The van der Waals surface area contributed by atoms with Crippen LogP contribution in [0.4, 0.5) is 5.82 Å². The van der Waals surface area contributed by atoms with Gasteiger partial charge in [-0.25, -0.2) is 15.0 Å². The minimum Gasteiger partial charge on any atom is -0.494 e. The molecule has 4 N–H and O–H groups in total. The van der Waals surface area contributed by atoms with E-state index in [1.54, 1.807) is 0 Å². The van der Waals surface area contributed by atoms with Crippen LogP contribution in [0.15, 0.2) is 36.9 Å².